The highest BCUT2D eigenvalue weighted by Crippen LogP contribution is 2.39. The molecule has 1 aliphatic rings. The molecule has 0 amide bonds. The van der Waals surface area contributed by atoms with Gasteiger partial charge in [-0.15, -0.1) is 0 Å². The van der Waals surface area contributed by atoms with Gasteiger partial charge in [0.2, 0.25) is 0 Å². The molecule has 0 aliphatic carbocycles. The highest BCUT2D eigenvalue weighted by molar-refractivity contribution is 6.31. The molecule has 0 aromatic heterocycles. The van der Waals surface area contributed by atoms with Crippen molar-refractivity contribution in [1.29, 1.82) is 0 Å². The predicted molar refractivity (Wildman–Crippen MR) is 69.3 cm³/mol. The largest absolute Gasteiger partial charge is 0.416 e. The molecule has 2 rings (SSSR count). The Morgan fingerprint density at radius 1 is 1.26 bits per heavy atom. The van der Waals surface area contributed by atoms with E-state index in [2.05, 4.69) is 5.32 Å². The van der Waals surface area contributed by atoms with E-state index in [0.29, 0.717) is 0 Å². The van der Waals surface area contributed by atoms with Gasteiger partial charge in [-0.25, -0.2) is 0 Å². The van der Waals surface area contributed by atoms with Crippen LogP contribution >= 0.6 is 11.6 Å². The van der Waals surface area contributed by atoms with E-state index in [1.54, 1.807) is 6.92 Å². The van der Waals surface area contributed by atoms with E-state index in [0.717, 1.165) is 32.2 Å². The zero-order valence-electron chi connectivity index (χ0n) is 10.6. The normalized spacial score (nSPS) is 19.4. The number of hydrogen-bond donors (Lipinski definition) is 1. The minimum atomic E-state index is -4.37. The summed E-state index contributed by atoms with van der Waals surface area (Å²) in [6.45, 7) is 4.81. The number of rotatable bonds is 2. The van der Waals surface area contributed by atoms with Gasteiger partial charge in [0.15, 0.2) is 0 Å². The molecule has 0 saturated carbocycles. The number of halogens is 4. The van der Waals surface area contributed by atoms with Gasteiger partial charge in [0.25, 0.3) is 0 Å². The van der Waals surface area contributed by atoms with Crippen LogP contribution in [0.3, 0.4) is 0 Å². The molecule has 1 saturated heterocycles. The van der Waals surface area contributed by atoms with Crippen molar-refractivity contribution in [2.45, 2.75) is 19.1 Å². The van der Waals surface area contributed by atoms with E-state index in [-0.39, 0.29) is 16.6 Å². The van der Waals surface area contributed by atoms with Gasteiger partial charge in [-0.05, 0) is 24.6 Å². The van der Waals surface area contributed by atoms with Gasteiger partial charge in [-0.2, -0.15) is 13.2 Å². The minimum absolute atomic E-state index is 0.179. The smallest absolute Gasteiger partial charge is 0.314 e. The Labute approximate surface area is 115 Å². The van der Waals surface area contributed by atoms with E-state index in [1.807, 2.05) is 4.90 Å². The molecule has 0 spiro atoms. The summed E-state index contributed by atoms with van der Waals surface area (Å²) in [5.41, 5.74) is -0.454. The maximum atomic E-state index is 13.1. The van der Waals surface area contributed by atoms with Crippen molar-refractivity contribution in [3.8, 4) is 0 Å². The molecule has 1 fully saturated rings. The quantitative estimate of drug-likeness (QED) is 0.899. The van der Waals surface area contributed by atoms with Crippen molar-refractivity contribution < 1.29 is 13.2 Å². The molecule has 1 heterocycles. The lowest BCUT2D eigenvalue weighted by Gasteiger charge is -2.34. The Morgan fingerprint density at radius 2 is 1.89 bits per heavy atom. The molecule has 0 bridgehead atoms. The van der Waals surface area contributed by atoms with Crippen LogP contribution in [0.25, 0.3) is 0 Å². The predicted octanol–water partition coefficient (Wildman–Crippen LogP) is 3.33. The lowest BCUT2D eigenvalue weighted by molar-refractivity contribution is -0.138. The first kappa shape index (κ1) is 14.6. The zero-order valence-corrected chi connectivity index (χ0v) is 11.4. The third kappa shape index (κ3) is 3.22. The summed E-state index contributed by atoms with van der Waals surface area (Å²) >= 11 is 6.01. The average molecular weight is 293 g/mol. The third-order valence-corrected chi connectivity index (χ3v) is 3.80. The standard InChI is InChI=1S/C13H16ClF3N2/c1-9(19-7-5-18-6-8-19)12-10(13(15,16)17)3-2-4-11(12)14/h2-4,9,18H,5-8H2,1H3/t9-/m1/s1. The van der Waals surface area contributed by atoms with Gasteiger partial charge < -0.3 is 5.32 Å². The summed E-state index contributed by atoms with van der Waals surface area (Å²) in [7, 11) is 0. The zero-order chi connectivity index (χ0) is 14.0. The molecule has 19 heavy (non-hydrogen) atoms. The van der Waals surface area contributed by atoms with E-state index in [9.17, 15) is 13.2 Å². The maximum Gasteiger partial charge on any atom is 0.416 e. The minimum Gasteiger partial charge on any atom is -0.314 e. The van der Waals surface area contributed by atoms with E-state index in [1.165, 1.54) is 12.1 Å². The fraction of sp³-hybridized carbons (Fsp3) is 0.538. The molecule has 1 N–H and O–H groups in total. The number of nitrogens with one attached hydrogen (secondary N) is 1. The number of nitrogens with zero attached hydrogens (tertiary/aromatic N) is 1. The molecular formula is C13H16ClF3N2. The van der Waals surface area contributed by atoms with Crippen LogP contribution in [0.15, 0.2) is 18.2 Å². The second kappa shape index (κ2) is 5.69. The summed E-state index contributed by atoms with van der Waals surface area (Å²) in [6, 6.07) is 3.62. The highest BCUT2D eigenvalue weighted by Gasteiger charge is 2.36. The second-order valence-electron chi connectivity index (χ2n) is 4.66. The van der Waals surface area contributed by atoms with E-state index >= 15 is 0 Å². The lowest BCUT2D eigenvalue weighted by Crippen LogP contribution is -2.44. The fourth-order valence-electron chi connectivity index (χ4n) is 2.46. The maximum absolute atomic E-state index is 13.1. The van der Waals surface area contributed by atoms with Crippen LogP contribution in [0.1, 0.15) is 24.1 Å². The van der Waals surface area contributed by atoms with Crippen molar-refractivity contribution in [2.24, 2.45) is 0 Å². The first-order valence-electron chi connectivity index (χ1n) is 6.21. The third-order valence-electron chi connectivity index (χ3n) is 3.48. The van der Waals surface area contributed by atoms with Crippen LogP contribution < -0.4 is 5.32 Å². The summed E-state index contributed by atoms with van der Waals surface area (Å²) < 4.78 is 39.2. The van der Waals surface area contributed by atoms with Crippen LogP contribution in [-0.4, -0.2) is 31.1 Å². The van der Waals surface area contributed by atoms with Crippen molar-refractivity contribution in [3.63, 3.8) is 0 Å². The lowest BCUT2D eigenvalue weighted by atomic mass is 9.99. The van der Waals surface area contributed by atoms with E-state index in [4.69, 9.17) is 11.6 Å². The van der Waals surface area contributed by atoms with Crippen LogP contribution in [0.2, 0.25) is 5.02 Å². The molecule has 0 unspecified atom stereocenters. The van der Waals surface area contributed by atoms with Crippen LogP contribution in [0.4, 0.5) is 13.2 Å². The van der Waals surface area contributed by atoms with Gasteiger partial charge >= 0.3 is 6.18 Å². The van der Waals surface area contributed by atoms with Gasteiger partial charge in [0.05, 0.1) is 5.56 Å². The van der Waals surface area contributed by atoms with Gasteiger partial charge in [0, 0.05) is 37.2 Å². The summed E-state index contributed by atoms with van der Waals surface area (Å²) in [4.78, 5) is 2.02. The molecule has 6 heteroatoms. The van der Waals surface area contributed by atoms with E-state index < -0.39 is 11.7 Å². The van der Waals surface area contributed by atoms with Gasteiger partial charge in [-0.1, -0.05) is 17.7 Å². The molecule has 1 aliphatic heterocycles. The summed E-state index contributed by atoms with van der Waals surface area (Å²) in [5.74, 6) is 0. The summed E-state index contributed by atoms with van der Waals surface area (Å²) in [5, 5.41) is 3.36. The number of alkyl halides is 3. The SMILES string of the molecule is C[C@H](c1c(Cl)cccc1C(F)(F)F)N1CCNCC1. The number of piperazine rings is 1. The Bertz CT molecular complexity index is 442. The Balaban J connectivity index is 2.37. The van der Waals surface area contributed by atoms with Crippen molar-refractivity contribution in [2.75, 3.05) is 26.2 Å². The number of hydrogen-bond acceptors (Lipinski definition) is 2. The van der Waals surface area contributed by atoms with Crippen molar-refractivity contribution in [1.82, 2.24) is 10.2 Å². The summed E-state index contributed by atoms with van der Waals surface area (Å²) in [6.07, 6.45) is -4.37. The molecule has 1 aromatic rings. The average Bonchev–Trinajstić information content (AvgIpc) is 2.37. The molecule has 1 aromatic carbocycles. The molecule has 0 radical (unpaired) electrons. The first-order valence-corrected chi connectivity index (χ1v) is 6.59. The molecule has 106 valence electrons. The topological polar surface area (TPSA) is 15.3 Å². The Morgan fingerprint density at radius 3 is 2.47 bits per heavy atom. The van der Waals surface area contributed by atoms with Gasteiger partial charge in [0.1, 0.15) is 0 Å². The van der Waals surface area contributed by atoms with Crippen LogP contribution in [-0.2, 0) is 6.18 Å². The second-order valence-corrected chi connectivity index (χ2v) is 5.07. The molecular weight excluding hydrogens is 277 g/mol. The van der Waals surface area contributed by atoms with Crippen molar-refractivity contribution >= 4 is 11.6 Å². The highest BCUT2D eigenvalue weighted by atomic mass is 35.5. The van der Waals surface area contributed by atoms with Gasteiger partial charge in [-0.3, -0.25) is 4.90 Å². The Hall–Kier alpha value is -0.780. The monoisotopic (exact) mass is 292 g/mol. The number of benzene rings is 1. The molecule has 1 atom stereocenters. The van der Waals surface area contributed by atoms with Crippen LogP contribution in [0.5, 0.6) is 0 Å². The fourth-order valence-corrected chi connectivity index (χ4v) is 2.79. The Kier molecular flexibility index (Phi) is 4.38. The van der Waals surface area contributed by atoms with Crippen molar-refractivity contribution in [3.05, 3.63) is 34.3 Å². The first-order chi connectivity index (χ1) is 8.91. The molecule has 2 nitrogen and oxygen atoms in total. The van der Waals surface area contributed by atoms with Crippen LogP contribution in [0, 0.1) is 0 Å².